The number of amides is 1. The van der Waals surface area contributed by atoms with Crippen LogP contribution >= 0.6 is 0 Å². The van der Waals surface area contributed by atoms with Gasteiger partial charge in [-0.05, 0) is 49.1 Å². The first-order chi connectivity index (χ1) is 9.77. The minimum Gasteiger partial charge on any atom is -0.396 e. The molecule has 1 aromatic rings. The van der Waals surface area contributed by atoms with E-state index in [1.54, 1.807) is 0 Å². The molecule has 0 heterocycles. The van der Waals surface area contributed by atoms with E-state index in [1.165, 1.54) is 11.1 Å². The van der Waals surface area contributed by atoms with Crippen molar-refractivity contribution in [2.24, 2.45) is 11.8 Å². The van der Waals surface area contributed by atoms with Crippen LogP contribution in [0.3, 0.4) is 0 Å². The summed E-state index contributed by atoms with van der Waals surface area (Å²) in [6.45, 7) is 3.61. The molecule has 3 unspecified atom stereocenters. The largest absolute Gasteiger partial charge is 0.396 e. The van der Waals surface area contributed by atoms with E-state index < -0.39 is 0 Å². The Morgan fingerprint density at radius 3 is 2.95 bits per heavy atom. The molecular formula is C17H23NO2. The van der Waals surface area contributed by atoms with E-state index >= 15 is 0 Å². The monoisotopic (exact) mass is 273 g/mol. The van der Waals surface area contributed by atoms with Gasteiger partial charge in [-0.2, -0.15) is 0 Å². The fraction of sp³-hybridized carbons (Fsp3) is 0.588. The first-order valence-electron chi connectivity index (χ1n) is 7.75. The lowest BCUT2D eigenvalue weighted by atomic mass is 9.92. The van der Waals surface area contributed by atoms with Gasteiger partial charge in [0, 0.05) is 25.6 Å². The Morgan fingerprint density at radius 1 is 1.40 bits per heavy atom. The fourth-order valence-corrected chi connectivity index (χ4v) is 3.80. The van der Waals surface area contributed by atoms with Gasteiger partial charge in [-0.3, -0.25) is 4.79 Å². The number of fused-ring (bicyclic) bond motifs is 3. The van der Waals surface area contributed by atoms with Crippen LogP contribution in [0.1, 0.15) is 36.8 Å². The lowest BCUT2D eigenvalue weighted by Crippen LogP contribution is -2.34. The van der Waals surface area contributed by atoms with Crippen LogP contribution in [-0.4, -0.2) is 35.6 Å². The standard InChI is InChI=1S/C17H23NO2/c1-2-18(10-5-11-19)17(20)16-14-9-8-12-6-3-4-7-13(12)15(14)16/h3-4,6-7,14-16,19H,2,5,8-11H2,1H3. The van der Waals surface area contributed by atoms with Gasteiger partial charge in [-0.15, -0.1) is 0 Å². The Balaban J connectivity index is 1.73. The molecule has 0 saturated heterocycles. The minimum absolute atomic E-state index is 0.157. The van der Waals surface area contributed by atoms with Crippen molar-refractivity contribution in [3.05, 3.63) is 35.4 Å². The quantitative estimate of drug-likeness (QED) is 0.893. The number of hydrogen-bond donors (Lipinski definition) is 1. The first kappa shape index (κ1) is 13.6. The van der Waals surface area contributed by atoms with E-state index in [0.717, 1.165) is 19.4 Å². The van der Waals surface area contributed by atoms with Crippen LogP contribution in [0, 0.1) is 11.8 Å². The zero-order valence-corrected chi connectivity index (χ0v) is 12.1. The summed E-state index contributed by atoms with van der Waals surface area (Å²) in [6.07, 6.45) is 2.94. The highest BCUT2D eigenvalue weighted by atomic mass is 16.3. The maximum absolute atomic E-state index is 12.7. The molecule has 0 spiro atoms. The second-order valence-electron chi connectivity index (χ2n) is 5.95. The summed E-state index contributed by atoms with van der Waals surface area (Å²) in [6, 6.07) is 8.58. The molecule has 0 radical (unpaired) electrons. The van der Waals surface area contributed by atoms with Crippen molar-refractivity contribution >= 4 is 5.91 Å². The third-order valence-corrected chi connectivity index (χ3v) is 4.89. The molecule has 3 rings (SSSR count). The number of aliphatic hydroxyl groups is 1. The van der Waals surface area contributed by atoms with E-state index in [2.05, 4.69) is 24.3 Å². The van der Waals surface area contributed by atoms with Crippen LogP contribution in [0.25, 0.3) is 0 Å². The summed E-state index contributed by atoms with van der Waals surface area (Å²) in [7, 11) is 0. The number of nitrogens with zero attached hydrogens (tertiary/aromatic N) is 1. The number of carbonyl (C=O) groups excluding carboxylic acids is 1. The summed E-state index contributed by atoms with van der Waals surface area (Å²) >= 11 is 0. The minimum atomic E-state index is 0.157. The van der Waals surface area contributed by atoms with Crippen molar-refractivity contribution in [2.45, 2.75) is 32.1 Å². The van der Waals surface area contributed by atoms with Crippen LogP contribution in [0.4, 0.5) is 0 Å². The van der Waals surface area contributed by atoms with Crippen molar-refractivity contribution in [1.82, 2.24) is 4.90 Å². The van der Waals surface area contributed by atoms with Gasteiger partial charge in [0.25, 0.3) is 0 Å². The van der Waals surface area contributed by atoms with Crippen molar-refractivity contribution < 1.29 is 9.90 Å². The van der Waals surface area contributed by atoms with E-state index in [4.69, 9.17) is 5.11 Å². The molecular weight excluding hydrogens is 250 g/mol. The second-order valence-corrected chi connectivity index (χ2v) is 5.95. The van der Waals surface area contributed by atoms with Crippen molar-refractivity contribution in [1.29, 1.82) is 0 Å². The fourth-order valence-electron chi connectivity index (χ4n) is 3.80. The molecule has 2 aliphatic rings. The summed E-state index contributed by atoms with van der Waals surface area (Å²) in [5, 5.41) is 8.95. The van der Waals surface area contributed by atoms with Gasteiger partial charge in [0.1, 0.15) is 0 Å². The molecule has 0 aromatic heterocycles. The third kappa shape index (κ3) is 2.24. The molecule has 1 fully saturated rings. The molecule has 1 saturated carbocycles. The molecule has 20 heavy (non-hydrogen) atoms. The van der Waals surface area contributed by atoms with Gasteiger partial charge in [-0.1, -0.05) is 24.3 Å². The van der Waals surface area contributed by atoms with Crippen LogP contribution in [0.15, 0.2) is 24.3 Å². The molecule has 108 valence electrons. The summed E-state index contributed by atoms with van der Waals surface area (Å²) < 4.78 is 0. The van der Waals surface area contributed by atoms with Gasteiger partial charge in [0.2, 0.25) is 5.91 Å². The molecule has 1 aromatic carbocycles. The Morgan fingerprint density at radius 2 is 2.20 bits per heavy atom. The lowest BCUT2D eigenvalue weighted by Gasteiger charge is -2.20. The zero-order valence-electron chi connectivity index (χ0n) is 12.1. The Kier molecular flexibility index (Phi) is 3.79. The van der Waals surface area contributed by atoms with Gasteiger partial charge in [-0.25, -0.2) is 0 Å². The first-order valence-corrected chi connectivity index (χ1v) is 7.75. The molecule has 2 aliphatic carbocycles. The molecule has 3 nitrogen and oxygen atoms in total. The SMILES string of the molecule is CCN(CCCO)C(=O)C1C2CCc3ccccc3C21. The average molecular weight is 273 g/mol. The maximum Gasteiger partial charge on any atom is 0.226 e. The highest BCUT2D eigenvalue weighted by molar-refractivity contribution is 5.84. The summed E-state index contributed by atoms with van der Waals surface area (Å²) in [5.74, 6) is 1.50. The number of hydrogen-bond acceptors (Lipinski definition) is 2. The maximum atomic E-state index is 12.7. The number of rotatable bonds is 5. The molecule has 1 amide bonds. The number of benzene rings is 1. The van der Waals surface area contributed by atoms with Gasteiger partial charge >= 0.3 is 0 Å². The van der Waals surface area contributed by atoms with Crippen LogP contribution in [0.2, 0.25) is 0 Å². The number of aryl methyl sites for hydroxylation is 1. The zero-order chi connectivity index (χ0) is 14.1. The highest BCUT2D eigenvalue weighted by Crippen LogP contribution is 2.60. The number of aliphatic hydroxyl groups excluding tert-OH is 1. The Hall–Kier alpha value is -1.35. The van der Waals surface area contributed by atoms with E-state index in [-0.39, 0.29) is 12.5 Å². The topological polar surface area (TPSA) is 40.5 Å². The molecule has 1 N–H and O–H groups in total. The molecule has 3 atom stereocenters. The molecule has 0 aliphatic heterocycles. The molecule has 0 bridgehead atoms. The van der Waals surface area contributed by atoms with Crippen LogP contribution in [-0.2, 0) is 11.2 Å². The predicted octanol–water partition coefficient (Wildman–Crippen LogP) is 2.19. The van der Waals surface area contributed by atoms with E-state index in [9.17, 15) is 4.79 Å². The Bertz CT molecular complexity index is 500. The predicted molar refractivity (Wildman–Crippen MR) is 78.4 cm³/mol. The van der Waals surface area contributed by atoms with Crippen molar-refractivity contribution in [3.63, 3.8) is 0 Å². The van der Waals surface area contributed by atoms with Crippen molar-refractivity contribution in [3.8, 4) is 0 Å². The average Bonchev–Trinajstić information content (AvgIpc) is 3.22. The van der Waals surface area contributed by atoms with Crippen LogP contribution < -0.4 is 0 Å². The van der Waals surface area contributed by atoms with Crippen molar-refractivity contribution in [2.75, 3.05) is 19.7 Å². The molecule has 3 heteroatoms. The third-order valence-electron chi connectivity index (χ3n) is 4.89. The van der Waals surface area contributed by atoms with Gasteiger partial charge in [0.05, 0.1) is 0 Å². The summed E-state index contributed by atoms with van der Waals surface area (Å²) in [4.78, 5) is 14.6. The smallest absolute Gasteiger partial charge is 0.226 e. The lowest BCUT2D eigenvalue weighted by molar-refractivity contribution is -0.133. The van der Waals surface area contributed by atoms with E-state index in [1.807, 2.05) is 11.8 Å². The van der Waals surface area contributed by atoms with Gasteiger partial charge < -0.3 is 10.0 Å². The number of carbonyl (C=O) groups is 1. The Labute approximate surface area is 120 Å². The second kappa shape index (κ2) is 5.57. The van der Waals surface area contributed by atoms with Crippen LogP contribution in [0.5, 0.6) is 0 Å². The van der Waals surface area contributed by atoms with Gasteiger partial charge in [0.15, 0.2) is 0 Å². The summed E-state index contributed by atoms with van der Waals surface area (Å²) in [5.41, 5.74) is 2.84. The van der Waals surface area contributed by atoms with E-state index in [0.29, 0.717) is 30.7 Å². The highest BCUT2D eigenvalue weighted by Gasteiger charge is 2.57. The normalized spacial score (nSPS) is 26.6.